The molecule has 1 fully saturated rings. The number of rotatable bonds is 5. The number of amides is 1. The van der Waals surface area contributed by atoms with Crippen LogP contribution in [-0.2, 0) is 9.59 Å². The molecule has 1 aliphatic heterocycles. The number of aliphatic carboxylic acids is 1. The van der Waals surface area contributed by atoms with Gasteiger partial charge in [-0.05, 0) is 38.7 Å². The van der Waals surface area contributed by atoms with E-state index in [0.717, 1.165) is 11.4 Å². The van der Waals surface area contributed by atoms with Crippen LogP contribution in [0.15, 0.2) is 6.07 Å². The van der Waals surface area contributed by atoms with Gasteiger partial charge in [0.25, 0.3) is 0 Å². The van der Waals surface area contributed by atoms with Crippen molar-refractivity contribution in [3.05, 3.63) is 17.5 Å². The minimum Gasteiger partial charge on any atom is -0.480 e. The molecule has 1 amide bonds. The van der Waals surface area contributed by atoms with Crippen molar-refractivity contribution >= 4 is 17.8 Å². The summed E-state index contributed by atoms with van der Waals surface area (Å²) in [5.41, 5.74) is 1.86. The molecule has 0 aromatic carbocycles. The summed E-state index contributed by atoms with van der Waals surface area (Å²) in [7, 11) is 0. The van der Waals surface area contributed by atoms with Crippen LogP contribution in [0.2, 0.25) is 0 Å². The van der Waals surface area contributed by atoms with Crippen molar-refractivity contribution in [2.45, 2.75) is 46.6 Å². The molecule has 1 aromatic rings. The number of carbonyl (C=O) groups excluding carboxylic acids is 1. The number of nitrogens with zero attached hydrogens (tertiary/aromatic N) is 3. The third-order valence-electron chi connectivity index (χ3n) is 4.35. The highest BCUT2D eigenvalue weighted by Crippen LogP contribution is 2.22. The second kappa shape index (κ2) is 7.59. The number of hydrogen-bond acceptors (Lipinski definition) is 5. The monoisotopic (exact) mass is 334 g/mol. The zero-order valence-electron chi connectivity index (χ0n) is 14.7. The number of aryl methyl sites for hydroxylation is 2. The molecule has 7 heteroatoms. The van der Waals surface area contributed by atoms with Crippen LogP contribution in [0, 0.1) is 25.7 Å². The van der Waals surface area contributed by atoms with Gasteiger partial charge in [0, 0.05) is 30.4 Å². The molecule has 0 spiro atoms. The number of carboxylic acids is 1. The van der Waals surface area contributed by atoms with E-state index in [1.165, 1.54) is 0 Å². The number of piperidine rings is 1. The van der Waals surface area contributed by atoms with E-state index in [1.807, 2.05) is 19.9 Å². The number of anilines is 1. The van der Waals surface area contributed by atoms with Crippen molar-refractivity contribution in [2.24, 2.45) is 11.8 Å². The second-order valence-electron chi connectivity index (χ2n) is 6.78. The number of nitrogens with one attached hydrogen (secondary N) is 1. The van der Waals surface area contributed by atoms with Crippen LogP contribution in [-0.4, -0.2) is 46.1 Å². The van der Waals surface area contributed by atoms with Gasteiger partial charge in [0.2, 0.25) is 11.9 Å². The first-order chi connectivity index (χ1) is 11.3. The van der Waals surface area contributed by atoms with E-state index in [2.05, 4.69) is 20.2 Å². The lowest BCUT2D eigenvalue weighted by molar-refractivity contribution is -0.143. The number of aromatic nitrogens is 2. The van der Waals surface area contributed by atoms with Gasteiger partial charge in [0.05, 0.1) is 0 Å². The van der Waals surface area contributed by atoms with Crippen molar-refractivity contribution in [2.75, 3.05) is 18.0 Å². The highest BCUT2D eigenvalue weighted by atomic mass is 16.4. The van der Waals surface area contributed by atoms with E-state index in [0.29, 0.717) is 31.9 Å². The predicted octanol–water partition coefficient (Wildman–Crippen LogP) is 1.54. The molecule has 1 unspecified atom stereocenters. The topological polar surface area (TPSA) is 95.4 Å². The maximum atomic E-state index is 12.3. The van der Waals surface area contributed by atoms with E-state index < -0.39 is 12.0 Å². The van der Waals surface area contributed by atoms with Crippen molar-refractivity contribution < 1.29 is 14.7 Å². The fourth-order valence-corrected chi connectivity index (χ4v) is 2.98. The SMILES string of the molecule is Cc1cc(C)nc(N2CCC(C(=O)NC(C(=O)O)C(C)C)CC2)n1. The fraction of sp³-hybridized carbons (Fsp3) is 0.647. The van der Waals surface area contributed by atoms with Crippen LogP contribution in [0.5, 0.6) is 0 Å². The molecule has 0 saturated carbocycles. The summed E-state index contributed by atoms with van der Waals surface area (Å²) in [5.74, 6) is -0.753. The van der Waals surface area contributed by atoms with Crippen molar-refractivity contribution in [3.63, 3.8) is 0 Å². The first kappa shape index (κ1) is 18.2. The molecule has 132 valence electrons. The van der Waals surface area contributed by atoms with E-state index in [9.17, 15) is 14.7 Å². The zero-order valence-corrected chi connectivity index (χ0v) is 14.7. The maximum absolute atomic E-state index is 12.3. The van der Waals surface area contributed by atoms with Crippen molar-refractivity contribution in [3.8, 4) is 0 Å². The van der Waals surface area contributed by atoms with Gasteiger partial charge in [0.15, 0.2) is 0 Å². The second-order valence-corrected chi connectivity index (χ2v) is 6.78. The molecule has 7 nitrogen and oxygen atoms in total. The molecule has 24 heavy (non-hydrogen) atoms. The quantitative estimate of drug-likeness (QED) is 0.848. The van der Waals surface area contributed by atoms with Gasteiger partial charge in [-0.15, -0.1) is 0 Å². The third kappa shape index (κ3) is 4.43. The Morgan fingerprint density at radius 2 is 1.75 bits per heavy atom. The smallest absolute Gasteiger partial charge is 0.326 e. The molecule has 2 N–H and O–H groups in total. The first-order valence-electron chi connectivity index (χ1n) is 8.38. The molecule has 1 aromatic heterocycles. The Morgan fingerprint density at radius 1 is 1.21 bits per heavy atom. The molecule has 1 aliphatic rings. The molecule has 1 saturated heterocycles. The summed E-state index contributed by atoms with van der Waals surface area (Å²) in [6.45, 7) is 8.85. The van der Waals surface area contributed by atoms with Crippen molar-refractivity contribution in [1.29, 1.82) is 0 Å². The molecular weight excluding hydrogens is 308 g/mol. The fourth-order valence-electron chi connectivity index (χ4n) is 2.98. The molecule has 0 bridgehead atoms. The molecular formula is C17H26N4O3. The average Bonchev–Trinajstić information content (AvgIpc) is 2.51. The van der Waals surface area contributed by atoms with Gasteiger partial charge in [-0.3, -0.25) is 4.79 Å². The van der Waals surface area contributed by atoms with E-state index >= 15 is 0 Å². The van der Waals surface area contributed by atoms with E-state index in [4.69, 9.17) is 0 Å². The average molecular weight is 334 g/mol. The van der Waals surface area contributed by atoms with E-state index in [-0.39, 0.29) is 17.7 Å². The Hall–Kier alpha value is -2.18. The summed E-state index contributed by atoms with van der Waals surface area (Å²) in [4.78, 5) is 34.6. The Kier molecular flexibility index (Phi) is 5.75. The summed E-state index contributed by atoms with van der Waals surface area (Å²) in [5, 5.41) is 11.9. The largest absolute Gasteiger partial charge is 0.480 e. The standard InChI is InChI=1S/C17H26N4O3/c1-10(2)14(16(23)24)20-15(22)13-5-7-21(8-6-13)17-18-11(3)9-12(4)19-17/h9-10,13-14H,5-8H2,1-4H3,(H,20,22)(H,23,24). The number of carboxylic acid groups (broad SMARTS) is 1. The lowest BCUT2D eigenvalue weighted by atomic mass is 9.94. The van der Waals surface area contributed by atoms with Crippen LogP contribution < -0.4 is 10.2 Å². The maximum Gasteiger partial charge on any atom is 0.326 e. The first-order valence-corrected chi connectivity index (χ1v) is 8.38. The minimum atomic E-state index is -0.987. The molecule has 2 heterocycles. The highest BCUT2D eigenvalue weighted by Gasteiger charge is 2.30. The lowest BCUT2D eigenvalue weighted by Gasteiger charge is -2.32. The van der Waals surface area contributed by atoms with Gasteiger partial charge in [-0.2, -0.15) is 0 Å². The molecule has 2 rings (SSSR count). The predicted molar refractivity (Wildman–Crippen MR) is 90.8 cm³/mol. The van der Waals surface area contributed by atoms with Gasteiger partial charge in [0.1, 0.15) is 6.04 Å². The summed E-state index contributed by atoms with van der Waals surface area (Å²) in [6.07, 6.45) is 1.35. The normalized spacial score (nSPS) is 17.0. The van der Waals surface area contributed by atoms with E-state index in [1.54, 1.807) is 13.8 Å². The Bertz CT molecular complexity index is 590. The summed E-state index contributed by atoms with van der Waals surface area (Å²) in [6, 6.07) is 1.10. The summed E-state index contributed by atoms with van der Waals surface area (Å²) >= 11 is 0. The van der Waals surface area contributed by atoms with Gasteiger partial charge < -0.3 is 15.3 Å². The van der Waals surface area contributed by atoms with Crippen LogP contribution in [0.3, 0.4) is 0 Å². The van der Waals surface area contributed by atoms with Crippen molar-refractivity contribution in [1.82, 2.24) is 15.3 Å². The Labute approximate surface area is 142 Å². The number of hydrogen-bond donors (Lipinski definition) is 2. The van der Waals surface area contributed by atoms with Crippen LogP contribution in [0.25, 0.3) is 0 Å². The van der Waals surface area contributed by atoms with Gasteiger partial charge in [-0.25, -0.2) is 14.8 Å². The van der Waals surface area contributed by atoms with Crippen LogP contribution in [0.1, 0.15) is 38.1 Å². The highest BCUT2D eigenvalue weighted by molar-refractivity contribution is 5.85. The Balaban J connectivity index is 1.94. The van der Waals surface area contributed by atoms with Crippen LogP contribution in [0.4, 0.5) is 5.95 Å². The number of carbonyl (C=O) groups is 2. The molecule has 1 atom stereocenters. The lowest BCUT2D eigenvalue weighted by Crippen LogP contribution is -2.49. The Morgan fingerprint density at radius 3 is 2.21 bits per heavy atom. The minimum absolute atomic E-state index is 0.143. The molecule has 0 radical (unpaired) electrons. The molecule has 0 aliphatic carbocycles. The third-order valence-corrected chi connectivity index (χ3v) is 4.35. The van der Waals surface area contributed by atoms with Gasteiger partial charge in [-0.1, -0.05) is 13.8 Å². The summed E-state index contributed by atoms with van der Waals surface area (Å²) < 4.78 is 0. The zero-order chi connectivity index (χ0) is 17.9. The van der Waals surface area contributed by atoms with Crippen LogP contribution >= 0.6 is 0 Å². The van der Waals surface area contributed by atoms with Gasteiger partial charge >= 0.3 is 5.97 Å².